The maximum Gasteiger partial charge on any atom is 0.341 e. The summed E-state index contributed by atoms with van der Waals surface area (Å²) in [6.07, 6.45) is 0.0276. The minimum Gasteiger partial charge on any atom is -0.490 e. The first-order valence-electron chi connectivity index (χ1n) is 7.61. The highest BCUT2D eigenvalue weighted by Crippen LogP contribution is 2.31. The minimum absolute atomic E-state index is 0.180. The number of hydrogen-bond donors (Lipinski definition) is 1. The summed E-state index contributed by atoms with van der Waals surface area (Å²) in [6.45, 7) is 1.12. The highest BCUT2D eigenvalue weighted by molar-refractivity contribution is 5.95. The molecule has 1 heterocycles. The number of alkyl halides is 2. The van der Waals surface area contributed by atoms with Gasteiger partial charge in [0, 0.05) is 18.5 Å². The first kappa shape index (κ1) is 18.0. The second kappa shape index (κ2) is 7.46. The van der Waals surface area contributed by atoms with Gasteiger partial charge in [0.15, 0.2) is 18.1 Å². The van der Waals surface area contributed by atoms with Crippen molar-refractivity contribution in [3.8, 4) is 11.5 Å². The SMILES string of the molecule is CCOc1cc(C(=O)N2CCCC(F)(F)C2)ccc1OCC(=O)O. The lowest BCUT2D eigenvalue weighted by Gasteiger charge is -2.32. The topological polar surface area (TPSA) is 76.1 Å². The summed E-state index contributed by atoms with van der Waals surface area (Å²) in [4.78, 5) is 24.1. The maximum atomic E-state index is 13.5. The predicted octanol–water partition coefficient (Wildman–Crippen LogP) is 2.42. The molecule has 2 rings (SSSR count). The Kier molecular flexibility index (Phi) is 5.58. The van der Waals surface area contributed by atoms with Gasteiger partial charge in [-0.3, -0.25) is 4.79 Å². The maximum absolute atomic E-state index is 13.5. The zero-order valence-corrected chi connectivity index (χ0v) is 13.3. The zero-order valence-electron chi connectivity index (χ0n) is 13.3. The molecule has 0 radical (unpaired) electrons. The lowest BCUT2D eigenvalue weighted by molar-refractivity contribution is -0.139. The molecular weight excluding hydrogens is 324 g/mol. The molecule has 1 aliphatic rings. The van der Waals surface area contributed by atoms with Crippen LogP contribution in [-0.2, 0) is 4.79 Å². The van der Waals surface area contributed by atoms with Crippen molar-refractivity contribution in [2.24, 2.45) is 0 Å². The molecule has 132 valence electrons. The number of carboxylic acids is 1. The van der Waals surface area contributed by atoms with Crippen LogP contribution in [0.25, 0.3) is 0 Å². The lowest BCUT2D eigenvalue weighted by atomic mass is 10.1. The number of ether oxygens (including phenoxy) is 2. The van der Waals surface area contributed by atoms with E-state index in [1.807, 2.05) is 0 Å². The van der Waals surface area contributed by atoms with Crippen LogP contribution in [0.4, 0.5) is 8.78 Å². The third kappa shape index (κ3) is 4.56. The number of halogens is 2. The van der Waals surface area contributed by atoms with Crippen molar-refractivity contribution in [1.82, 2.24) is 4.90 Å². The molecule has 1 N–H and O–H groups in total. The molecule has 0 unspecified atom stereocenters. The van der Waals surface area contributed by atoms with E-state index in [9.17, 15) is 18.4 Å². The van der Waals surface area contributed by atoms with Gasteiger partial charge in [-0.05, 0) is 31.5 Å². The van der Waals surface area contributed by atoms with Crippen LogP contribution in [0.1, 0.15) is 30.1 Å². The molecule has 0 atom stereocenters. The van der Waals surface area contributed by atoms with Crippen LogP contribution in [0.3, 0.4) is 0 Å². The van der Waals surface area contributed by atoms with E-state index in [-0.39, 0.29) is 43.1 Å². The monoisotopic (exact) mass is 343 g/mol. The average Bonchev–Trinajstić information content (AvgIpc) is 2.52. The van der Waals surface area contributed by atoms with Gasteiger partial charge in [-0.15, -0.1) is 0 Å². The number of carbonyl (C=O) groups is 2. The number of likely N-dealkylation sites (tertiary alicyclic amines) is 1. The Morgan fingerprint density at radius 3 is 2.67 bits per heavy atom. The van der Waals surface area contributed by atoms with Crippen molar-refractivity contribution in [2.45, 2.75) is 25.7 Å². The molecule has 24 heavy (non-hydrogen) atoms. The molecule has 6 nitrogen and oxygen atoms in total. The van der Waals surface area contributed by atoms with E-state index in [0.29, 0.717) is 0 Å². The molecule has 1 saturated heterocycles. The van der Waals surface area contributed by atoms with Crippen molar-refractivity contribution in [1.29, 1.82) is 0 Å². The number of rotatable bonds is 6. The third-order valence-corrected chi connectivity index (χ3v) is 3.52. The summed E-state index contributed by atoms with van der Waals surface area (Å²) >= 11 is 0. The van der Waals surface area contributed by atoms with Crippen LogP contribution in [-0.4, -0.2) is 54.1 Å². The molecule has 8 heteroatoms. The molecule has 1 aromatic rings. The quantitative estimate of drug-likeness (QED) is 0.858. The number of amides is 1. The first-order valence-corrected chi connectivity index (χ1v) is 7.61. The summed E-state index contributed by atoms with van der Waals surface area (Å²) in [5.41, 5.74) is 0.193. The van der Waals surface area contributed by atoms with Gasteiger partial charge in [-0.2, -0.15) is 0 Å². The van der Waals surface area contributed by atoms with Crippen molar-refractivity contribution in [2.75, 3.05) is 26.3 Å². The van der Waals surface area contributed by atoms with Gasteiger partial charge in [0.1, 0.15) is 0 Å². The minimum atomic E-state index is -2.87. The molecule has 1 fully saturated rings. The van der Waals surface area contributed by atoms with Crippen molar-refractivity contribution < 1.29 is 33.0 Å². The Hall–Kier alpha value is -2.38. The Labute approximate surface area is 138 Å². The van der Waals surface area contributed by atoms with Gasteiger partial charge < -0.3 is 19.5 Å². The van der Waals surface area contributed by atoms with Gasteiger partial charge >= 0.3 is 5.97 Å². The third-order valence-electron chi connectivity index (χ3n) is 3.52. The van der Waals surface area contributed by atoms with Gasteiger partial charge in [-0.25, -0.2) is 13.6 Å². The van der Waals surface area contributed by atoms with Crippen molar-refractivity contribution in [3.63, 3.8) is 0 Å². The molecule has 1 aromatic carbocycles. The normalized spacial score (nSPS) is 16.5. The fraction of sp³-hybridized carbons (Fsp3) is 0.500. The summed E-state index contributed by atoms with van der Waals surface area (Å²) in [6, 6.07) is 4.20. The van der Waals surface area contributed by atoms with Crippen LogP contribution < -0.4 is 9.47 Å². The number of piperidine rings is 1. The summed E-state index contributed by atoms with van der Waals surface area (Å²) in [7, 11) is 0. The predicted molar refractivity (Wildman–Crippen MR) is 80.8 cm³/mol. The van der Waals surface area contributed by atoms with Gasteiger partial charge in [-0.1, -0.05) is 0 Å². The zero-order chi connectivity index (χ0) is 17.7. The second-order valence-electron chi connectivity index (χ2n) is 5.46. The van der Waals surface area contributed by atoms with Crippen LogP contribution >= 0.6 is 0 Å². The number of carbonyl (C=O) groups excluding carboxylic acids is 1. The Balaban J connectivity index is 2.19. The second-order valence-corrected chi connectivity index (χ2v) is 5.46. The van der Waals surface area contributed by atoms with E-state index >= 15 is 0 Å². The van der Waals surface area contributed by atoms with E-state index in [4.69, 9.17) is 14.6 Å². The first-order chi connectivity index (χ1) is 11.3. The van der Waals surface area contributed by atoms with Gasteiger partial charge in [0.25, 0.3) is 11.8 Å². The van der Waals surface area contributed by atoms with Crippen LogP contribution in [0.15, 0.2) is 18.2 Å². The van der Waals surface area contributed by atoms with Crippen LogP contribution in [0.2, 0.25) is 0 Å². The van der Waals surface area contributed by atoms with E-state index < -0.39 is 31.0 Å². The molecule has 1 aliphatic heterocycles. The number of benzene rings is 1. The number of aliphatic carboxylic acids is 1. The largest absolute Gasteiger partial charge is 0.490 e. The van der Waals surface area contributed by atoms with E-state index in [1.165, 1.54) is 18.2 Å². The lowest BCUT2D eigenvalue weighted by Crippen LogP contribution is -2.45. The molecule has 0 aromatic heterocycles. The number of nitrogens with zero attached hydrogens (tertiary/aromatic N) is 1. The van der Waals surface area contributed by atoms with Crippen molar-refractivity contribution in [3.05, 3.63) is 23.8 Å². The number of hydrogen-bond acceptors (Lipinski definition) is 4. The fourth-order valence-electron chi connectivity index (χ4n) is 2.49. The van der Waals surface area contributed by atoms with Crippen LogP contribution in [0.5, 0.6) is 11.5 Å². The average molecular weight is 343 g/mol. The fourth-order valence-corrected chi connectivity index (χ4v) is 2.49. The van der Waals surface area contributed by atoms with E-state index in [0.717, 1.165) is 4.90 Å². The highest BCUT2D eigenvalue weighted by Gasteiger charge is 2.37. The summed E-state index contributed by atoms with van der Waals surface area (Å²) in [5.74, 6) is -4.15. The van der Waals surface area contributed by atoms with E-state index in [1.54, 1.807) is 6.92 Å². The molecule has 1 amide bonds. The molecule has 0 aliphatic carbocycles. The van der Waals surface area contributed by atoms with Crippen molar-refractivity contribution >= 4 is 11.9 Å². The Morgan fingerprint density at radius 2 is 2.04 bits per heavy atom. The Bertz CT molecular complexity index is 620. The Morgan fingerprint density at radius 1 is 1.29 bits per heavy atom. The number of carboxylic acid groups (broad SMARTS) is 1. The molecule has 0 saturated carbocycles. The van der Waals surface area contributed by atoms with Gasteiger partial charge in [0.05, 0.1) is 13.2 Å². The smallest absolute Gasteiger partial charge is 0.341 e. The summed E-state index contributed by atoms with van der Waals surface area (Å²) in [5, 5.41) is 8.66. The highest BCUT2D eigenvalue weighted by atomic mass is 19.3. The summed E-state index contributed by atoms with van der Waals surface area (Å²) < 4.78 is 37.4. The molecule has 0 bridgehead atoms. The molecule has 0 spiro atoms. The molecular formula is C16H19F2NO5. The van der Waals surface area contributed by atoms with E-state index in [2.05, 4.69) is 0 Å². The standard InChI is InChI=1S/C16H19F2NO5/c1-2-23-13-8-11(4-5-12(13)24-9-14(20)21)15(22)19-7-3-6-16(17,18)10-19/h4-5,8H,2-3,6-7,9-10H2,1H3,(H,20,21). The van der Waals surface area contributed by atoms with Crippen LogP contribution in [0, 0.1) is 0 Å². The van der Waals surface area contributed by atoms with Gasteiger partial charge in [0.2, 0.25) is 0 Å².